The Kier molecular flexibility index (Phi) is 10.5. The first kappa shape index (κ1) is 32.4. The van der Waals surface area contributed by atoms with Gasteiger partial charge in [0.25, 0.3) is 0 Å². The van der Waals surface area contributed by atoms with Crippen LogP contribution in [0.3, 0.4) is 0 Å². The molecule has 5 rings (SSSR count). The summed E-state index contributed by atoms with van der Waals surface area (Å²) in [5.74, 6) is 2.23. The van der Waals surface area contributed by atoms with Gasteiger partial charge in [-0.15, -0.1) is 0 Å². The Hall–Kier alpha value is -4.95. The number of halogens is 1. The summed E-state index contributed by atoms with van der Waals surface area (Å²) in [6, 6.07) is 15.0. The molecule has 2 heterocycles. The number of hydrazone groups is 1. The minimum atomic E-state index is -1.14. The molecule has 0 aliphatic carbocycles. The van der Waals surface area contributed by atoms with Crippen LogP contribution in [0.4, 0.5) is 4.79 Å². The van der Waals surface area contributed by atoms with Gasteiger partial charge in [0.15, 0.2) is 29.2 Å². The number of carbonyl (C=O) groups excluding carboxylic acids is 2. The molecule has 0 saturated heterocycles. The molecule has 2 aliphatic heterocycles. The van der Waals surface area contributed by atoms with Crippen molar-refractivity contribution in [3.05, 3.63) is 87.0 Å². The maximum absolute atomic E-state index is 12.4. The summed E-state index contributed by atoms with van der Waals surface area (Å²) in [4.78, 5) is 24.6. The van der Waals surface area contributed by atoms with E-state index in [4.69, 9.17) is 28.4 Å². The first-order chi connectivity index (χ1) is 22.2. The molecule has 0 fully saturated rings. The topological polar surface area (TPSA) is 158 Å². The lowest BCUT2D eigenvalue weighted by molar-refractivity contribution is -0.136. The van der Waals surface area contributed by atoms with Gasteiger partial charge in [-0.3, -0.25) is 5.43 Å². The average molecular weight is 698 g/mol. The van der Waals surface area contributed by atoms with E-state index in [1.165, 1.54) is 7.11 Å². The molecular formula is C32H33BrN4O9. The number of carbonyl (C=O) groups is 2. The number of allylic oxidation sites excluding steroid dienone is 1. The number of ether oxygens (including phenoxy) is 6. The van der Waals surface area contributed by atoms with Gasteiger partial charge >= 0.3 is 12.0 Å². The number of hydrogen-bond acceptors (Lipinski definition) is 11. The predicted molar refractivity (Wildman–Crippen MR) is 170 cm³/mol. The summed E-state index contributed by atoms with van der Waals surface area (Å²) in [6.07, 6.45) is 0.413. The largest absolute Gasteiger partial charge is 0.490 e. The van der Waals surface area contributed by atoms with Gasteiger partial charge < -0.3 is 44.2 Å². The van der Waals surface area contributed by atoms with Crippen molar-refractivity contribution in [1.82, 2.24) is 16.1 Å². The summed E-state index contributed by atoms with van der Waals surface area (Å²) >= 11 is 3.53. The number of amides is 2. The van der Waals surface area contributed by atoms with Gasteiger partial charge in [0, 0.05) is 5.70 Å². The van der Waals surface area contributed by atoms with Crippen LogP contribution in [0, 0.1) is 0 Å². The zero-order valence-electron chi connectivity index (χ0n) is 25.3. The Bertz CT molecular complexity index is 1660. The third-order valence-electron chi connectivity index (χ3n) is 6.90. The highest BCUT2D eigenvalue weighted by Gasteiger charge is 2.32. The first-order valence-corrected chi connectivity index (χ1v) is 15.1. The fraction of sp³-hybridized carbons (Fsp3) is 0.281. The van der Waals surface area contributed by atoms with E-state index in [1.54, 1.807) is 31.3 Å². The average Bonchev–Trinajstić information content (AvgIpc) is 3.51. The maximum Gasteiger partial charge on any atom is 0.337 e. The minimum absolute atomic E-state index is 0.149. The molecule has 2 amide bonds. The number of aliphatic hydroxyl groups is 1. The molecule has 14 heteroatoms. The van der Waals surface area contributed by atoms with E-state index < -0.39 is 24.3 Å². The van der Waals surface area contributed by atoms with Gasteiger partial charge in [-0.25, -0.2) is 9.59 Å². The predicted octanol–water partition coefficient (Wildman–Crippen LogP) is 4.28. The van der Waals surface area contributed by atoms with Crippen LogP contribution in [0.5, 0.6) is 28.7 Å². The lowest BCUT2D eigenvalue weighted by Crippen LogP contribution is -2.45. The molecule has 3 aromatic carbocycles. The summed E-state index contributed by atoms with van der Waals surface area (Å²) < 4.78 is 33.9. The van der Waals surface area contributed by atoms with E-state index >= 15 is 0 Å². The van der Waals surface area contributed by atoms with E-state index in [1.807, 2.05) is 43.3 Å². The van der Waals surface area contributed by atoms with Crippen molar-refractivity contribution in [2.75, 3.05) is 27.1 Å². The smallest absolute Gasteiger partial charge is 0.337 e. The van der Waals surface area contributed by atoms with Gasteiger partial charge in [-0.05, 0) is 88.9 Å². The van der Waals surface area contributed by atoms with Crippen LogP contribution in [0.25, 0.3) is 0 Å². The van der Waals surface area contributed by atoms with Crippen LogP contribution in [0.2, 0.25) is 0 Å². The second-order valence-electron chi connectivity index (χ2n) is 10.1. The molecule has 2 aliphatic rings. The Labute approximate surface area is 273 Å². The van der Waals surface area contributed by atoms with Crippen molar-refractivity contribution in [1.29, 1.82) is 0 Å². The highest BCUT2D eigenvalue weighted by atomic mass is 79.9. The number of benzene rings is 3. The van der Waals surface area contributed by atoms with Gasteiger partial charge in [0.05, 0.1) is 36.0 Å². The van der Waals surface area contributed by atoms with Crippen molar-refractivity contribution in [3.63, 3.8) is 0 Å². The summed E-state index contributed by atoms with van der Waals surface area (Å²) in [6.45, 7) is 4.20. The number of urea groups is 1. The summed E-state index contributed by atoms with van der Waals surface area (Å²) in [5, 5.41) is 19.9. The fourth-order valence-electron chi connectivity index (χ4n) is 4.73. The maximum atomic E-state index is 12.4. The fourth-order valence-corrected chi connectivity index (χ4v) is 5.24. The third kappa shape index (κ3) is 7.82. The van der Waals surface area contributed by atoms with Gasteiger partial charge in [0.1, 0.15) is 19.0 Å². The van der Waals surface area contributed by atoms with Crippen molar-refractivity contribution in [3.8, 4) is 28.7 Å². The van der Waals surface area contributed by atoms with E-state index in [0.29, 0.717) is 47.5 Å². The monoisotopic (exact) mass is 696 g/mol. The quantitative estimate of drug-likeness (QED) is 0.0880. The number of methoxy groups -OCH3 is 1. The first-order valence-electron chi connectivity index (χ1n) is 14.3. The van der Waals surface area contributed by atoms with Crippen molar-refractivity contribution in [2.45, 2.75) is 32.7 Å². The number of nitrogens with zero attached hydrogens (tertiary/aromatic N) is 1. The van der Waals surface area contributed by atoms with E-state index in [2.05, 4.69) is 37.1 Å². The molecule has 46 heavy (non-hydrogen) atoms. The number of rotatable bonds is 13. The zero-order valence-corrected chi connectivity index (χ0v) is 26.9. The molecule has 0 saturated carbocycles. The number of esters is 1. The standard InChI is InChI=1S/C32H33BrN4O9/c1-4-42-27-13-21(30-29(31(39)41-3)18(2)35-32(40)36-30)7-10-24(27)44-16-28(38)37-34-14-19-5-8-23(22(33)11-19)43-15-20-6-9-25-26(12-20)46-17-45-25/h5-14,28,30,37-38H,4,15-17H2,1-3H3,(H2,35,36,40)/b34-14-/t28-,30+/m0/s1. The SMILES string of the molecule is CCOc1cc([C@H]2NC(=O)NC(C)=C2C(=O)OC)ccc1OC[C@H](O)N/N=C\c1ccc(OCc2ccc3c(c2)OCO3)c(Br)c1. The van der Waals surface area contributed by atoms with Gasteiger partial charge in [0.2, 0.25) is 6.79 Å². The highest BCUT2D eigenvalue weighted by Crippen LogP contribution is 2.35. The Morgan fingerprint density at radius 1 is 1.09 bits per heavy atom. The molecule has 0 bridgehead atoms. The van der Waals surface area contributed by atoms with Crippen molar-refractivity contribution < 1.29 is 43.1 Å². The number of aliphatic hydroxyl groups excluding tert-OH is 1. The summed E-state index contributed by atoms with van der Waals surface area (Å²) in [5.41, 5.74) is 5.59. The lowest BCUT2D eigenvalue weighted by Gasteiger charge is -2.28. The number of hydrogen-bond donors (Lipinski definition) is 4. The molecule has 3 aromatic rings. The number of fused-ring (bicyclic) bond motifs is 1. The van der Waals surface area contributed by atoms with E-state index in [-0.39, 0.29) is 19.0 Å². The zero-order chi connectivity index (χ0) is 32.6. The minimum Gasteiger partial charge on any atom is -0.490 e. The van der Waals surface area contributed by atoms with Crippen LogP contribution in [-0.4, -0.2) is 56.7 Å². The van der Waals surface area contributed by atoms with E-state index in [0.717, 1.165) is 21.3 Å². The molecule has 4 N–H and O–H groups in total. The normalized spacial score (nSPS) is 16.0. The second kappa shape index (κ2) is 14.9. The third-order valence-corrected chi connectivity index (χ3v) is 7.52. The molecular weight excluding hydrogens is 664 g/mol. The second-order valence-corrected chi connectivity index (χ2v) is 10.9. The van der Waals surface area contributed by atoms with Crippen LogP contribution in [0.15, 0.2) is 75.4 Å². The molecule has 2 atom stereocenters. The van der Waals surface area contributed by atoms with Gasteiger partial charge in [-0.2, -0.15) is 5.10 Å². The highest BCUT2D eigenvalue weighted by molar-refractivity contribution is 9.10. The molecule has 0 unspecified atom stereocenters. The molecule has 0 aromatic heterocycles. The van der Waals surface area contributed by atoms with Crippen LogP contribution in [-0.2, 0) is 16.1 Å². The van der Waals surface area contributed by atoms with Crippen LogP contribution >= 0.6 is 15.9 Å². The Balaban J connectivity index is 1.15. The van der Waals surface area contributed by atoms with Crippen LogP contribution < -0.4 is 39.7 Å². The molecule has 0 radical (unpaired) electrons. The Morgan fingerprint density at radius 3 is 2.67 bits per heavy atom. The van der Waals surface area contributed by atoms with Crippen molar-refractivity contribution >= 4 is 34.1 Å². The number of nitrogens with one attached hydrogen (secondary N) is 3. The van der Waals surface area contributed by atoms with Gasteiger partial charge in [-0.1, -0.05) is 12.1 Å². The lowest BCUT2D eigenvalue weighted by atomic mass is 9.95. The van der Waals surface area contributed by atoms with Crippen molar-refractivity contribution in [2.24, 2.45) is 5.10 Å². The van der Waals surface area contributed by atoms with Crippen LogP contribution in [0.1, 0.15) is 36.6 Å². The molecule has 242 valence electrons. The molecule has 0 spiro atoms. The summed E-state index contributed by atoms with van der Waals surface area (Å²) in [7, 11) is 1.27. The Morgan fingerprint density at radius 2 is 1.89 bits per heavy atom. The van der Waals surface area contributed by atoms with E-state index in [9.17, 15) is 14.7 Å². The molecule has 13 nitrogen and oxygen atoms in total.